The Kier molecular flexibility index (Phi) is 3.62. The topological polar surface area (TPSA) is 65.8 Å². The Labute approximate surface area is 178 Å². The van der Waals surface area contributed by atoms with Gasteiger partial charge in [0.2, 0.25) is 5.69 Å². The minimum Gasteiger partial charge on any atom is -0.349 e. The van der Waals surface area contributed by atoms with Gasteiger partial charge in [0.25, 0.3) is 17.4 Å². The molecule has 0 atom stereocenters. The van der Waals surface area contributed by atoms with Crippen molar-refractivity contribution < 1.29 is 14.2 Å². The van der Waals surface area contributed by atoms with Gasteiger partial charge in [-0.3, -0.25) is 9.59 Å². The molecule has 3 heterocycles. The van der Waals surface area contributed by atoms with Crippen LogP contribution in [0.25, 0.3) is 27.5 Å². The molecular weight excluding hydrogens is 386 g/mol. The van der Waals surface area contributed by atoms with E-state index in [0.29, 0.717) is 16.8 Å². The van der Waals surface area contributed by atoms with Crippen molar-refractivity contribution in [1.82, 2.24) is 4.98 Å². The van der Waals surface area contributed by atoms with Crippen molar-refractivity contribution in [2.75, 3.05) is 5.32 Å². The minimum atomic E-state index is -0.162. The van der Waals surface area contributed by atoms with Crippen molar-refractivity contribution in [2.45, 2.75) is 6.92 Å². The molecule has 0 bridgehead atoms. The van der Waals surface area contributed by atoms with E-state index in [1.165, 1.54) is 0 Å². The van der Waals surface area contributed by atoms with Gasteiger partial charge in [-0.25, -0.2) is 0 Å². The summed E-state index contributed by atoms with van der Waals surface area (Å²) in [5.74, 6) is -0.158. The van der Waals surface area contributed by atoms with Crippen molar-refractivity contribution in [1.29, 1.82) is 0 Å². The highest BCUT2D eigenvalue weighted by molar-refractivity contribution is 6.21. The highest BCUT2D eigenvalue weighted by atomic mass is 16.1. The fourth-order valence-electron chi connectivity index (χ4n) is 4.39. The summed E-state index contributed by atoms with van der Waals surface area (Å²) in [6.45, 7) is 1.96. The number of aromatic nitrogens is 2. The zero-order chi connectivity index (χ0) is 21.1. The number of rotatable bonds is 2. The first-order valence-corrected chi connectivity index (χ1v) is 10.1. The molecule has 5 aromatic rings. The first-order chi connectivity index (χ1) is 15.1. The summed E-state index contributed by atoms with van der Waals surface area (Å²) >= 11 is 0. The van der Waals surface area contributed by atoms with Gasteiger partial charge in [0.15, 0.2) is 6.20 Å². The minimum absolute atomic E-state index is 0.00488. The molecule has 0 fully saturated rings. The lowest BCUT2D eigenvalue weighted by Gasteiger charge is -2.08. The van der Waals surface area contributed by atoms with Gasteiger partial charge < -0.3 is 10.3 Å². The lowest BCUT2D eigenvalue weighted by atomic mass is 10.1. The van der Waals surface area contributed by atoms with Gasteiger partial charge in [-0.1, -0.05) is 30.3 Å². The lowest BCUT2D eigenvalue weighted by Crippen LogP contribution is -2.31. The molecule has 0 aliphatic carbocycles. The van der Waals surface area contributed by atoms with Crippen molar-refractivity contribution in [2.24, 2.45) is 0 Å². The molecule has 1 amide bonds. The zero-order valence-corrected chi connectivity index (χ0v) is 16.8. The predicted octanol–water partition coefficient (Wildman–Crippen LogP) is 4.70. The SMILES string of the molecule is Cc1ccccc1NC(=O)c1ccc2[nH]c3c4[n+](ccc3c2c1)-c1ccccc1C4=O. The molecule has 1 aliphatic heterocycles. The molecular formula is C26H18N3O2+. The van der Waals surface area contributed by atoms with Gasteiger partial charge in [-0.15, -0.1) is 0 Å². The Morgan fingerprint density at radius 3 is 2.61 bits per heavy atom. The number of carbonyl (C=O) groups excluding carboxylic acids is 2. The Balaban J connectivity index is 1.48. The summed E-state index contributed by atoms with van der Waals surface area (Å²) in [6.07, 6.45) is 1.93. The van der Waals surface area contributed by atoms with Crippen LogP contribution in [0.4, 0.5) is 5.69 Å². The van der Waals surface area contributed by atoms with Crippen LogP contribution in [0.3, 0.4) is 0 Å². The number of amides is 1. The van der Waals surface area contributed by atoms with Crippen LogP contribution in [-0.4, -0.2) is 16.7 Å². The van der Waals surface area contributed by atoms with E-state index in [-0.39, 0.29) is 11.7 Å². The number of hydrogen-bond donors (Lipinski definition) is 2. The molecule has 31 heavy (non-hydrogen) atoms. The Morgan fingerprint density at radius 1 is 0.935 bits per heavy atom. The first kappa shape index (κ1) is 17.6. The Hall–Kier alpha value is -4.25. The molecule has 2 aromatic heterocycles. The van der Waals surface area contributed by atoms with Crippen LogP contribution in [0.15, 0.2) is 79.0 Å². The number of aryl methyl sites for hydroxylation is 1. The molecule has 1 aliphatic rings. The standard InChI is InChI=1S/C26H17N3O2/c1-15-6-2-4-8-20(15)28-26(31)16-10-11-21-19(14-16)17-12-13-29-22-9-5-3-7-18(22)25(30)24(29)23(17)27-21/h2-14H,1H3,(H,28,31)/p+1. The largest absolute Gasteiger partial charge is 0.349 e. The van der Waals surface area contributed by atoms with E-state index in [1.54, 1.807) is 6.07 Å². The van der Waals surface area contributed by atoms with Crippen LogP contribution >= 0.6 is 0 Å². The number of nitrogens with zero attached hydrogens (tertiary/aromatic N) is 1. The monoisotopic (exact) mass is 404 g/mol. The maximum absolute atomic E-state index is 13.1. The number of carbonyl (C=O) groups is 2. The highest BCUT2D eigenvalue weighted by Crippen LogP contribution is 2.31. The molecule has 0 spiro atoms. The second kappa shape index (κ2) is 6.37. The smallest absolute Gasteiger partial charge is 0.284 e. The van der Waals surface area contributed by atoms with Gasteiger partial charge in [-0.2, -0.15) is 4.57 Å². The van der Waals surface area contributed by atoms with E-state index in [4.69, 9.17) is 0 Å². The van der Waals surface area contributed by atoms with Crippen molar-refractivity contribution >= 4 is 39.2 Å². The van der Waals surface area contributed by atoms with Gasteiger partial charge in [0.1, 0.15) is 11.1 Å². The molecule has 0 saturated carbocycles. The number of aromatic amines is 1. The van der Waals surface area contributed by atoms with Crippen LogP contribution < -0.4 is 9.88 Å². The third-order valence-corrected chi connectivity index (χ3v) is 5.99. The number of benzene rings is 3. The molecule has 6 rings (SSSR count). The summed E-state index contributed by atoms with van der Waals surface area (Å²) in [4.78, 5) is 29.4. The molecule has 0 unspecified atom stereocenters. The Morgan fingerprint density at radius 2 is 1.74 bits per heavy atom. The maximum atomic E-state index is 13.1. The van der Waals surface area contributed by atoms with E-state index in [9.17, 15) is 9.59 Å². The number of fused-ring (bicyclic) bond motifs is 7. The lowest BCUT2D eigenvalue weighted by molar-refractivity contribution is -0.592. The average molecular weight is 404 g/mol. The van der Waals surface area contributed by atoms with Gasteiger partial charge in [-0.05, 0) is 42.8 Å². The first-order valence-electron chi connectivity index (χ1n) is 10.1. The summed E-state index contributed by atoms with van der Waals surface area (Å²) < 4.78 is 1.93. The van der Waals surface area contributed by atoms with E-state index in [1.807, 2.05) is 84.4 Å². The quantitative estimate of drug-likeness (QED) is 0.411. The van der Waals surface area contributed by atoms with Crippen LogP contribution in [0, 0.1) is 6.92 Å². The van der Waals surface area contributed by atoms with Crippen molar-refractivity contribution in [3.63, 3.8) is 0 Å². The third-order valence-electron chi connectivity index (χ3n) is 5.99. The Bertz CT molecular complexity index is 1560. The number of H-pyrrole nitrogens is 1. The number of pyridine rings is 1. The van der Waals surface area contributed by atoms with Gasteiger partial charge in [0.05, 0.1) is 0 Å². The second-order valence-electron chi connectivity index (χ2n) is 7.82. The van der Waals surface area contributed by atoms with Crippen LogP contribution in [-0.2, 0) is 0 Å². The summed E-state index contributed by atoms with van der Waals surface area (Å²) in [6, 6.07) is 22.9. The molecule has 2 N–H and O–H groups in total. The number of anilines is 1. The molecule has 0 radical (unpaired) electrons. The van der Waals surface area contributed by atoms with E-state index < -0.39 is 0 Å². The molecule has 148 valence electrons. The summed E-state index contributed by atoms with van der Waals surface area (Å²) in [5.41, 5.74) is 6.27. The molecule has 3 aromatic carbocycles. The molecule has 5 nitrogen and oxygen atoms in total. The van der Waals surface area contributed by atoms with Crippen LogP contribution in [0.5, 0.6) is 0 Å². The summed E-state index contributed by atoms with van der Waals surface area (Å²) in [7, 11) is 0. The third kappa shape index (κ3) is 2.53. The predicted molar refractivity (Wildman–Crippen MR) is 120 cm³/mol. The summed E-state index contributed by atoms with van der Waals surface area (Å²) in [5, 5.41) is 4.82. The number of nitrogens with one attached hydrogen (secondary N) is 2. The fourth-order valence-corrected chi connectivity index (χ4v) is 4.39. The highest BCUT2D eigenvalue weighted by Gasteiger charge is 2.38. The number of para-hydroxylation sites is 2. The van der Waals surface area contributed by atoms with E-state index in [2.05, 4.69) is 10.3 Å². The molecule has 5 heteroatoms. The van der Waals surface area contributed by atoms with Crippen molar-refractivity contribution in [3.8, 4) is 5.69 Å². The fraction of sp³-hybridized carbons (Fsp3) is 0.0385. The second-order valence-corrected chi connectivity index (χ2v) is 7.82. The normalized spacial score (nSPS) is 12.2. The van der Waals surface area contributed by atoms with Gasteiger partial charge in [0, 0.05) is 39.7 Å². The van der Waals surface area contributed by atoms with E-state index in [0.717, 1.165) is 38.7 Å². The van der Waals surface area contributed by atoms with Crippen molar-refractivity contribution in [3.05, 3.63) is 101 Å². The van der Waals surface area contributed by atoms with E-state index >= 15 is 0 Å². The maximum Gasteiger partial charge on any atom is 0.284 e. The molecule has 0 saturated heterocycles. The zero-order valence-electron chi connectivity index (χ0n) is 16.8. The van der Waals surface area contributed by atoms with Gasteiger partial charge >= 0.3 is 0 Å². The van der Waals surface area contributed by atoms with Crippen LogP contribution in [0.1, 0.15) is 32.0 Å². The number of hydrogen-bond acceptors (Lipinski definition) is 2. The average Bonchev–Trinajstić information content (AvgIpc) is 3.30. The van der Waals surface area contributed by atoms with Crippen LogP contribution in [0.2, 0.25) is 0 Å². The number of ketones is 1.